The number of aromatic nitrogens is 1. The van der Waals surface area contributed by atoms with Crippen LogP contribution in [0.5, 0.6) is 0 Å². The van der Waals surface area contributed by atoms with Crippen LogP contribution in [0.1, 0.15) is 11.8 Å². The molecule has 19 heavy (non-hydrogen) atoms. The molecule has 0 aliphatic carbocycles. The predicted octanol–water partition coefficient (Wildman–Crippen LogP) is 1.81. The highest BCUT2D eigenvalue weighted by molar-refractivity contribution is 7.17. The molecule has 0 saturated carbocycles. The van der Waals surface area contributed by atoms with Crippen LogP contribution in [0.3, 0.4) is 0 Å². The fraction of sp³-hybridized carbons (Fsp3) is 0.182. The average Bonchev–Trinajstić information content (AvgIpc) is 2.93. The third-order valence-electron chi connectivity index (χ3n) is 2.17. The number of nitrogens with two attached hydrogens (primary N) is 1. The summed E-state index contributed by atoms with van der Waals surface area (Å²) < 4.78 is 0. The highest BCUT2D eigenvalue weighted by atomic mass is 32.1. The Bertz CT molecular complexity index is 604. The first-order chi connectivity index (χ1) is 9.04. The van der Waals surface area contributed by atoms with Crippen molar-refractivity contribution >= 4 is 39.7 Å². The van der Waals surface area contributed by atoms with E-state index in [0.717, 1.165) is 15.4 Å². The fourth-order valence-corrected chi connectivity index (χ4v) is 3.09. The van der Waals surface area contributed by atoms with Gasteiger partial charge in [0.15, 0.2) is 11.1 Å². The maximum absolute atomic E-state index is 10.8. The normalized spacial score (nSPS) is 10.2. The summed E-state index contributed by atoms with van der Waals surface area (Å²) in [4.78, 5) is 17.3. The van der Waals surface area contributed by atoms with Crippen molar-refractivity contribution in [2.45, 2.75) is 13.5 Å². The number of carbonyl (C=O) groups is 1. The zero-order valence-electron chi connectivity index (χ0n) is 10.2. The number of hydrogen-bond acceptors (Lipinski definition) is 5. The minimum atomic E-state index is -0.126. The summed E-state index contributed by atoms with van der Waals surface area (Å²) in [5.41, 5.74) is 6.09. The summed E-state index contributed by atoms with van der Waals surface area (Å²) in [7, 11) is 0. The molecule has 5 N–H and O–H groups in total. The van der Waals surface area contributed by atoms with Crippen molar-refractivity contribution in [3.05, 3.63) is 22.4 Å². The van der Waals surface area contributed by atoms with Gasteiger partial charge in [-0.1, -0.05) is 0 Å². The number of nitrogens with zero attached hydrogens (tertiary/aromatic N) is 1. The van der Waals surface area contributed by atoms with E-state index in [2.05, 4.69) is 15.6 Å². The van der Waals surface area contributed by atoms with Crippen molar-refractivity contribution in [3.63, 3.8) is 0 Å². The zero-order valence-corrected chi connectivity index (χ0v) is 11.8. The highest BCUT2D eigenvalue weighted by Gasteiger charge is 2.08. The number of guanidine groups is 1. The number of thiazole rings is 1. The first-order valence-electron chi connectivity index (χ1n) is 5.44. The molecule has 2 aromatic heterocycles. The van der Waals surface area contributed by atoms with Crippen molar-refractivity contribution in [1.82, 2.24) is 10.3 Å². The number of hydrogen-bond donors (Lipinski definition) is 4. The number of amides is 1. The molecule has 6 nitrogen and oxygen atoms in total. The van der Waals surface area contributed by atoms with Gasteiger partial charge in [-0.05, 0) is 12.1 Å². The zero-order chi connectivity index (χ0) is 13.8. The van der Waals surface area contributed by atoms with Crippen LogP contribution in [-0.4, -0.2) is 16.9 Å². The Balaban J connectivity index is 2.07. The van der Waals surface area contributed by atoms with Gasteiger partial charge in [0.25, 0.3) is 0 Å². The number of rotatable bonds is 4. The number of carbonyl (C=O) groups excluding carboxylic acids is 1. The summed E-state index contributed by atoms with van der Waals surface area (Å²) in [5, 5.41) is 15.1. The van der Waals surface area contributed by atoms with Gasteiger partial charge in [0, 0.05) is 17.2 Å². The van der Waals surface area contributed by atoms with Gasteiger partial charge in [0.2, 0.25) is 5.91 Å². The topological polar surface area (TPSA) is 104 Å². The monoisotopic (exact) mass is 295 g/mol. The van der Waals surface area contributed by atoms with Crippen LogP contribution in [0, 0.1) is 5.41 Å². The Morgan fingerprint density at radius 3 is 3.00 bits per heavy atom. The van der Waals surface area contributed by atoms with Crippen molar-refractivity contribution in [2.75, 3.05) is 5.32 Å². The van der Waals surface area contributed by atoms with Gasteiger partial charge >= 0.3 is 0 Å². The van der Waals surface area contributed by atoms with Gasteiger partial charge in [-0.2, -0.15) is 0 Å². The van der Waals surface area contributed by atoms with E-state index in [4.69, 9.17) is 11.1 Å². The van der Waals surface area contributed by atoms with E-state index in [1.165, 1.54) is 18.3 Å². The Morgan fingerprint density at radius 2 is 2.32 bits per heavy atom. The smallest absolute Gasteiger partial charge is 0.217 e. The lowest BCUT2D eigenvalue weighted by molar-refractivity contribution is -0.119. The molecule has 100 valence electrons. The van der Waals surface area contributed by atoms with Gasteiger partial charge in [0.1, 0.15) is 0 Å². The summed E-state index contributed by atoms with van der Waals surface area (Å²) in [6.07, 6.45) is 0. The van der Waals surface area contributed by atoms with Gasteiger partial charge in [0.05, 0.1) is 17.1 Å². The third-order valence-corrected chi connectivity index (χ3v) is 4.04. The first-order valence-corrected chi connectivity index (χ1v) is 7.14. The molecule has 1 amide bonds. The standard InChI is InChI=1S/C11H13N5OS2/c1-6(17)14-4-7-2-3-9(19-7)8-5-18-11(15-8)16-10(12)13/h2-3,5H,4H2,1H3,(H,14,17)(H4,12,13,15,16). The molecule has 2 aromatic rings. The average molecular weight is 295 g/mol. The van der Waals surface area contributed by atoms with Crippen LogP contribution >= 0.6 is 22.7 Å². The lowest BCUT2D eigenvalue weighted by Gasteiger charge is -1.97. The SMILES string of the molecule is CC(=O)NCc1ccc(-c2csc(NC(=N)N)n2)s1. The molecular formula is C11H13N5OS2. The quantitative estimate of drug-likeness (QED) is 0.510. The van der Waals surface area contributed by atoms with Crippen molar-refractivity contribution in [3.8, 4) is 10.6 Å². The number of nitrogens with one attached hydrogen (secondary N) is 3. The summed E-state index contributed by atoms with van der Waals surface area (Å²) in [6, 6.07) is 3.93. The molecule has 0 aromatic carbocycles. The predicted molar refractivity (Wildman–Crippen MR) is 78.5 cm³/mol. The van der Waals surface area contributed by atoms with E-state index >= 15 is 0 Å². The van der Waals surface area contributed by atoms with E-state index in [1.807, 2.05) is 17.5 Å². The number of thiophene rings is 1. The van der Waals surface area contributed by atoms with Gasteiger partial charge in [-0.15, -0.1) is 22.7 Å². The summed E-state index contributed by atoms with van der Waals surface area (Å²) in [6.45, 7) is 2.03. The van der Waals surface area contributed by atoms with E-state index < -0.39 is 0 Å². The van der Waals surface area contributed by atoms with Crippen LogP contribution in [0.2, 0.25) is 0 Å². The molecule has 0 aliphatic rings. The number of anilines is 1. The molecule has 0 bridgehead atoms. The summed E-state index contributed by atoms with van der Waals surface area (Å²) in [5.74, 6) is -0.171. The minimum absolute atomic E-state index is 0.0449. The van der Waals surface area contributed by atoms with Crippen LogP contribution in [0.4, 0.5) is 5.13 Å². The second-order valence-corrected chi connectivity index (χ2v) is 5.78. The van der Waals surface area contributed by atoms with Crippen LogP contribution in [0.15, 0.2) is 17.5 Å². The second kappa shape index (κ2) is 5.81. The molecule has 0 saturated heterocycles. The summed E-state index contributed by atoms with van der Waals surface area (Å²) >= 11 is 2.97. The fourth-order valence-electron chi connectivity index (χ4n) is 1.38. The molecule has 0 aliphatic heterocycles. The maximum atomic E-state index is 10.8. The van der Waals surface area contributed by atoms with Gasteiger partial charge < -0.3 is 16.4 Å². The van der Waals surface area contributed by atoms with Crippen LogP contribution in [-0.2, 0) is 11.3 Å². The Hall–Kier alpha value is -1.93. The lowest BCUT2D eigenvalue weighted by atomic mass is 10.3. The van der Waals surface area contributed by atoms with E-state index in [0.29, 0.717) is 11.7 Å². The van der Waals surface area contributed by atoms with E-state index in [1.54, 1.807) is 11.3 Å². The molecule has 2 rings (SSSR count). The highest BCUT2D eigenvalue weighted by Crippen LogP contribution is 2.30. The van der Waals surface area contributed by atoms with Gasteiger partial charge in [-0.25, -0.2) is 4.98 Å². The van der Waals surface area contributed by atoms with Crippen LogP contribution in [0.25, 0.3) is 10.6 Å². The molecule has 0 atom stereocenters. The molecule has 0 unspecified atom stereocenters. The van der Waals surface area contributed by atoms with Crippen molar-refractivity contribution in [1.29, 1.82) is 5.41 Å². The van der Waals surface area contributed by atoms with E-state index in [-0.39, 0.29) is 11.9 Å². The third kappa shape index (κ3) is 3.76. The maximum Gasteiger partial charge on any atom is 0.217 e. The molecule has 0 fully saturated rings. The van der Waals surface area contributed by atoms with Crippen molar-refractivity contribution < 1.29 is 4.79 Å². The molecular weight excluding hydrogens is 282 g/mol. The largest absolute Gasteiger partial charge is 0.370 e. The molecule has 0 spiro atoms. The Morgan fingerprint density at radius 1 is 1.53 bits per heavy atom. The Kier molecular flexibility index (Phi) is 4.13. The minimum Gasteiger partial charge on any atom is -0.370 e. The van der Waals surface area contributed by atoms with Crippen LogP contribution < -0.4 is 16.4 Å². The first kappa shape index (κ1) is 13.5. The molecule has 2 heterocycles. The Labute approximate surface area is 118 Å². The molecule has 8 heteroatoms. The lowest BCUT2D eigenvalue weighted by Crippen LogP contribution is -2.20. The van der Waals surface area contributed by atoms with E-state index in [9.17, 15) is 4.79 Å². The van der Waals surface area contributed by atoms with Gasteiger partial charge in [-0.3, -0.25) is 10.2 Å². The molecule has 0 radical (unpaired) electrons. The second-order valence-electron chi connectivity index (χ2n) is 3.75. The van der Waals surface area contributed by atoms with Crippen molar-refractivity contribution in [2.24, 2.45) is 5.73 Å².